The molecule has 6 heteroatoms. The molecule has 0 rings (SSSR count). The molecule has 0 aliphatic rings. The van der Waals surface area contributed by atoms with Crippen molar-refractivity contribution in [2.75, 3.05) is 13.2 Å². The van der Waals surface area contributed by atoms with Gasteiger partial charge in [-0.3, -0.25) is 9.59 Å². The van der Waals surface area contributed by atoms with Crippen molar-refractivity contribution in [2.24, 2.45) is 0 Å². The molecule has 498 valence electrons. The summed E-state index contributed by atoms with van der Waals surface area (Å²) in [6, 6.07) is -0.540. The molecule has 0 aliphatic carbocycles. The predicted molar refractivity (Wildman–Crippen MR) is 370 cm³/mol. The smallest absolute Gasteiger partial charge is 0.305 e. The number of unbranched alkanes of at least 4 members (excludes halogenated alkanes) is 58. The van der Waals surface area contributed by atoms with Crippen molar-refractivity contribution in [3.05, 3.63) is 24.3 Å². The van der Waals surface area contributed by atoms with Gasteiger partial charge in [0, 0.05) is 12.8 Å². The van der Waals surface area contributed by atoms with Crippen LogP contribution in [0.5, 0.6) is 0 Å². The molecule has 2 atom stereocenters. The number of nitrogens with one attached hydrogen (secondary N) is 1. The summed E-state index contributed by atoms with van der Waals surface area (Å²) < 4.78 is 5.50. The van der Waals surface area contributed by atoms with Gasteiger partial charge in [0.05, 0.1) is 25.4 Å². The molecule has 0 spiro atoms. The van der Waals surface area contributed by atoms with Crippen molar-refractivity contribution in [2.45, 2.75) is 450 Å². The van der Waals surface area contributed by atoms with E-state index in [9.17, 15) is 19.8 Å². The van der Waals surface area contributed by atoms with Crippen molar-refractivity contribution in [1.29, 1.82) is 0 Å². The van der Waals surface area contributed by atoms with Gasteiger partial charge < -0.3 is 20.3 Å². The highest BCUT2D eigenvalue weighted by atomic mass is 16.5. The van der Waals surface area contributed by atoms with Gasteiger partial charge in [-0.05, 0) is 57.8 Å². The quantitative estimate of drug-likeness (QED) is 0.0320. The van der Waals surface area contributed by atoms with E-state index in [2.05, 4.69) is 43.5 Å². The fourth-order valence-electron chi connectivity index (χ4n) is 12.4. The minimum atomic E-state index is -0.663. The molecule has 0 fully saturated rings. The number of ether oxygens (including phenoxy) is 1. The summed E-state index contributed by atoms with van der Waals surface area (Å²) in [5.74, 6) is -0.00795. The van der Waals surface area contributed by atoms with Crippen LogP contribution in [0.1, 0.15) is 438 Å². The first kappa shape index (κ1) is 82.3. The van der Waals surface area contributed by atoms with E-state index in [1.165, 1.54) is 360 Å². The molecule has 0 aromatic carbocycles. The number of carbonyl (C=O) groups is 2. The lowest BCUT2D eigenvalue weighted by Crippen LogP contribution is -2.45. The second-order valence-electron chi connectivity index (χ2n) is 26.7. The molecule has 3 N–H and O–H groups in total. The Labute approximate surface area is 526 Å². The summed E-state index contributed by atoms with van der Waals surface area (Å²) in [7, 11) is 0. The second-order valence-corrected chi connectivity index (χ2v) is 26.7. The third kappa shape index (κ3) is 69.4. The fourth-order valence-corrected chi connectivity index (χ4v) is 12.4. The molecule has 0 heterocycles. The Bertz CT molecular complexity index is 1320. The van der Waals surface area contributed by atoms with Crippen LogP contribution in [0, 0.1) is 0 Å². The summed E-state index contributed by atoms with van der Waals surface area (Å²) in [4.78, 5) is 24.6. The average Bonchev–Trinajstić information content (AvgIpc) is 3.53. The van der Waals surface area contributed by atoms with E-state index in [0.29, 0.717) is 25.9 Å². The first-order chi connectivity index (χ1) is 41.5. The van der Waals surface area contributed by atoms with Gasteiger partial charge in [-0.2, -0.15) is 0 Å². The van der Waals surface area contributed by atoms with Crippen LogP contribution < -0.4 is 5.32 Å². The minimum absolute atomic E-state index is 0.0206. The van der Waals surface area contributed by atoms with Gasteiger partial charge in [-0.25, -0.2) is 0 Å². The first-order valence-corrected chi connectivity index (χ1v) is 38.6. The molecule has 1 amide bonds. The Balaban J connectivity index is 3.36. The molecule has 0 saturated heterocycles. The number of carbonyl (C=O) groups excluding carboxylic acids is 2. The van der Waals surface area contributed by atoms with Gasteiger partial charge >= 0.3 is 5.97 Å². The van der Waals surface area contributed by atoms with E-state index in [-0.39, 0.29) is 18.5 Å². The summed E-state index contributed by atoms with van der Waals surface area (Å²) >= 11 is 0. The van der Waals surface area contributed by atoms with Crippen molar-refractivity contribution in [3.8, 4) is 0 Å². The van der Waals surface area contributed by atoms with Crippen LogP contribution in [0.2, 0.25) is 0 Å². The molecular weight excluding hydrogens is 1030 g/mol. The lowest BCUT2D eigenvalue weighted by atomic mass is 10.0. The minimum Gasteiger partial charge on any atom is -0.466 e. The highest BCUT2D eigenvalue weighted by Crippen LogP contribution is 2.20. The van der Waals surface area contributed by atoms with E-state index in [0.717, 1.165) is 44.9 Å². The highest BCUT2D eigenvalue weighted by Gasteiger charge is 2.20. The van der Waals surface area contributed by atoms with Crippen LogP contribution in [-0.4, -0.2) is 47.4 Å². The fraction of sp³-hybridized carbons (Fsp3) is 0.923. The van der Waals surface area contributed by atoms with Crippen molar-refractivity contribution < 1.29 is 24.5 Å². The van der Waals surface area contributed by atoms with Crippen LogP contribution in [0.15, 0.2) is 24.3 Å². The number of amides is 1. The molecule has 0 saturated carbocycles. The van der Waals surface area contributed by atoms with Crippen LogP contribution in [0.3, 0.4) is 0 Å². The Morgan fingerprint density at radius 1 is 0.333 bits per heavy atom. The number of aliphatic hydroxyl groups is 2. The maximum atomic E-state index is 12.5. The zero-order valence-electron chi connectivity index (χ0n) is 57.2. The normalized spacial score (nSPS) is 12.6. The molecular formula is C78H151NO5. The average molecular weight is 1180 g/mol. The van der Waals surface area contributed by atoms with Crippen molar-refractivity contribution in [3.63, 3.8) is 0 Å². The second kappa shape index (κ2) is 73.8. The van der Waals surface area contributed by atoms with Crippen LogP contribution >= 0.6 is 0 Å². The van der Waals surface area contributed by atoms with Gasteiger partial charge in [0.2, 0.25) is 5.91 Å². The Kier molecular flexibility index (Phi) is 72.3. The Morgan fingerprint density at radius 2 is 0.595 bits per heavy atom. The number of allylic oxidation sites excluding steroid dienone is 4. The van der Waals surface area contributed by atoms with E-state index in [1.807, 2.05) is 0 Å². The SMILES string of the molecule is CCCCCCCCCCCCCCCCCCCC(O)C(CO)NC(=O)CCCCCCCCCCCCCCCCCCC/C=C\C/C=C\CCCCCCCCCCCCCOC(=O)CCCCCCCCCCCCCCCCC. The van der Waals surface area contributed by atoms with Gasteiger partial charge in [0.15, 0.2) is 0 Å². The number of aliphatic hydroxyl groups excluding tert-OH is 2. The van der Waals surface area contributed by atoms with E-state index in [1.54, 1.807) is 0 Å². The molecule has 0 bridgehead atoms. The number of hydrogen-bond donors (Lipinski definition) is 3. The molecule has 0 radical (unpaired) electrons. The number of hydrogen-bond acceptors (Lipinski definition) is 5. The Hall–Kier alpha value is -1.66. The zero-order valence-corrected chi connectivity index (χ0v) is 57.2. The first-order valence-electron chi connectivity index (χ1n) is 38.6. The summed E-state index contributed by atoms with van der Waals surface area (Å²) in [6.45, 7) is 5.00. The molecule has 0 aromatic rings. The summed E-state index contributed by atoms with van der Waals surface area (Å²) in [6.07, 6.45) is 94.0. The van der Waals surface area contributed by atoms with Crippen LogP contribution in [0.25, 0.3) is 0 Å². The molecule has 6 nitrogen and oxygen atoms in total. The predicted octanol–water partition coefficient (Wildman–Crippen LogP) is 25.3. The standard InChI is InChI=1S/C78H151NO5/c1-3-5-7-9-11-13-15-17-19-39-43-46-50-54-58-62-66-70-76(81)75(74-80)79-77(82)71-67-63-59-55-51-47-44-40-37-35-33-31-29-27-25-23-21-20-22-24-26-28-30-32-34-36-38-41-45-49-53-57-61-65-69-73-84-78(83)72-68-64-60-56-52-48-42-18-16-14-12-10-8-6-4-2/h22,24,28,30,75-76,80-81H,3-21,23,25-27,29,31-74H2,1-2H3,(H,79,82)/b24-22-,30-28-. The van der Waals surface area contributed by atoms with Gasteiger partial charge in [0.1, 0.15) is 0 Å². The molecule has 0 aromatic heterocycles. The lowest BCUT2D eigenvalue weighted by molar-refractivity contribution is -0.143. The zero-order chi connectivity index (χ0) is 60.6. The van der Waals surface area contributed by atoms with Gasteiger partial charge in [-0.1, -0.05) is 391 Å². The molecule has 84 heavy (non-hydrogen) atoms. The topological polar surface area (TPSA) is 95.9 Å². The Morgan fingerprint density at radius 3 is 0.905 bits per heavy atom. The van der Waals surface area contributed by atoms with E-state index in [4.69, 9.17) is 4.74 Å². The van der Waals surface area contributed by atoms with Crippen molar-refractivity contribution in [1.82, 2.24) is 5.32 Å². The largest absolute Gasteiger partial charge is 0.466 e. The maximum absolute atomic E-state index is 12.5. The maximum Gasteiger partial charge on any atom is 0.305 e. The monoisotopic (exact) mass is 1180 g/mol. The van der Waals surface area contributed by atoms with Crippen LogP contribution in [0.4, 0.5) is 0 Å². The summed E-state index contributed by atoms with van der Waals surface area (Å²) in [5.41, 5.74) is 0. The molecule has 2 unspecified atom stereocenters. The lowest BCUT2D eigenvalue weighted by Gasteiger charge is -2.22. The van der Waals surface area contributed by atoms with Crippen LogP contribution in [-0.2, 0) is 14.3 Å². The number of esters is 1. The van der Waals surface area contributed by atoms with Gasteiger partial charge in [0.25, 0.3) is 0 Å². The van der Waals surface area contributed by atoms with Crippen molar-refractivity contribution >= 4 is 11.9 Å². The molecule has 0 aliphatic heterocycles. The third-order valence-corrected chi connectivity index (χ3v) is 18.3. The summed E-state index contributed by atoms with van der Waals surface area (Å²) in [5, 5.41) is 23.4. The van der Waals surface area contributed by atoms with E-state index >= 15 is 0 Å². The third-order valence-electron chi connectivity index (χ3n) is 18.3. The van der Waals surface area contributed by atoms with Gasteiger partial charge in [-0.15, -0.1) is 0 Å². The number of rotatable bonds is 73. The highest BCUT2D eigenvalue weighted by molar-refractivity contribution is 5.76. The van der Waals surface area contributed by atoms with E-state index < -0.39 is 12.1 Å².